The molecule has 0 saturated carbocycles. The highest BCUT2D eigenvalue weighted by Gasteiger charge is 2.30. The predicted molar refractivity (Wildman–Crippen MR) is 63.5 cm³/mol. The van der Waals surface area contributed by atoms with Crippen LogP contribution in [0.3, 0.4) is 0 Å². The van der Waals surface area contributed by atoms with Gasteiger partial charge in [-0.2, -0.15) is 0 Å². The molecule has 0 amide bonds. The lowest BCUT2D eigenvalue weighted by Gasteiger charge is -2.08. The minimum absolute atomic E-state index is 0.216. The van der Waals surface area contributed by atoms with Gasteiger partial charge >= 0.3 is 6.36 Å². The SMILES string of the molecule is C\C=C(/C=C(Cl)\C=C(/C)OC(F)(F)F)CCC. The van der Waals surface area contributed by atoms with Gasteiger partial charge in [-0.1, -0.05) is 36.6 Å². The van der Waals surface area contributed by atoms with Crippen LogP contribution < -0.4 is 0 Å². The molecule has 0 N–H and O–H groups in total. The van der Waals surface area contributed by atoms with E-state index in [1.165, 1.54) is 6.92 Å². The van der Waals surface area contributed by atoms with Crippen molar-refractivity contribution in [2.45, 2.75) is 40.0 Å². The van der Waals surface area contributed by atoms with E-state index < -0.39 is 6.36 Å². The van der Waals surface area contributed by atoms with Crippen LogP contribution >= 0.6 is 11.6 Å². The fourth-order valence-electron chi connectivity index (χ4n) is 1.21. The standard InChI is InChI=1S/C12H16ClF3O/c1-4-6-10(5-2)8-11(13)7-9(3)17-12(14,15)16/h5,7-8H,4,6H2,1-3H3/b9-7+,10-5-,11-8+. The van der Waals surface area contributed by atoms with Crippen molar-refractivity contribution in [1.29, 1.82) is 0 Å². The molecular weight excluding hydrogens is 253 g/mol. The van der Waals surface area contributed by atoms with Gasteiger partial charge in [0.2, 0.25) is 0 Å². The third-order valence-electron chi connectivity index (χ3n) is 1.85. The predicted octanol–water partition coefficient (Wildman–Crippen LogP) is 5.30. The molecule has 0 aromatic rings. The van der Waals surface area contributed by atoms with E-state index in [2.05, 4.69) is 4.74 Å². The summed E-state index contributed by atoms with van der Waals surface area (Å²) in [7, 11) is 0. The molecule has 0 aliphatic heterocycles. The van der Waals surface area contributed by atoms with Gasteiger partial charge in [-0.3, -0.25) is 0 Å². The Kier molecular flexibility index (Phi) is 7.04. The molecule has 17 heavy (non-hydrogen) atoms. The van der Waals surface area contributed by atoms with Gasteiger partial charge in [0.15, 0.2) is 0 Å². The zero-order chi connectivity index (χ0) is 13.5. The number of allylic oxidation sites excluding steroid dienone is 6. The Balaban J connectivity index is 4.65. The molecule has 0 aromatic carbocycles. The summed E-state index contributed by atoms with van der Waals surface area (Å²) >= 11 is 5.81. The summed E-state index contributed by atoms with van der Waals surface area (Å²) < 4.78 is 39.3. The van der Waals surface area contributed by atoms with Gasteiger partial charge < -0.3 is 4.74 Å². The number of hydrogen-bond donors (Lipinski definition) is 0. The van der Waals surface area contributed by atoms with E-state index in [-0.39, 0.29) is 10.8 Å². The minimum Gasteiger partial charge on any atom is -0.411 e. The first-order chi connectivity index (χ1) is 7.78. The van der Waals surface area contributed by atoms with Gasteiger partial charge in [0, 0.05) is 5.03 Å². The van der Waals surface area contributed by atoms with E-state index in [4.69, 9.17) is 11.6 Å². The van der Waals surface area contributed by atoms with Crippen molar-refractivity contribution in [3.63, 3.8) is 0 Å². The van der Waals surface area contributed by atoms with Gasteiger partial charge in [-0.25, -0.2) is 0 Å². The second-order valence-electron chi connectivity index (χ2n) is 3.45. The Morgan fingerprint density at radius 1 is 1.29 bits per heavy atom. The van der Waals surface area contributed by atoms with Gasteiger partial charge in [-0.15, -0.1) is 13.2 Å². The number of alkyl halides is 3. The van der Waals surface area contributed by atoms with E-state index in [9.17, 15) is 13.2 Å². The Hall–Kier alpha value is -0.900. The molecule has 0 spiro atoms. The largest absolute Gasteiger partial charge is 0.572 e. The molecule has 0 rings (SSSR count). The van der Waals surface area contributed by atoms with Gasteiger partial charge in [0.25, 0.3) is 0 Å². The number of ether oxygens (including phenoxy) is 1. The van der Waals surface area contributed by atoms with E-state index in [1.54, 1.807) is 6.08 Å². The summed E-state index contributed by atoms with van der Waals surface area (Å²) in [6.45, 7) is 5.08. The lowest BCUT2D eigenvalue weighted by atomic mass is 10.1. The van der Waals surface area contributed by atoms with E-state index >= 15 is 0 Å². The van der Waals surface area contributed by atoms with Crippen molar-refractivity contribution in [3.05, 3.63) is 34.6 Å². The normalized spacial score (nSPS) is 15.1. The van der Waals surface area contributed by atoms with Gasteiger partial charge in [-0.05, 0) is 32.4 Å². The fraction of sp³-hybridized carbons (Fsp3) is 0.500. The van der Waals surface area contributed by atoms with Crippen LogP contribution in [0.5, 0.6) is 0 Å². The maximum absolute atomic E-state index is 11.9. The molecule has 0 radical (unpaired) electrons. The number of halogens is 4. The molecule has 0 bridgehead atoms. The van der Waals surface area contributed by atoms with Crippen LogP contribution in [-0.4, -0.2) is 6.36 Å². The topological polar surface area (TPSA) is 9.23 Å². The first-order valence-electron chi connectivity index (χ1n) is 5.25. The molecule has 5 heteroatoms. The summed E-state index contributed by atoms with van der Waals surface area (Å²) in [4.78, 5) is 0. The molecule has 0 aliphatic rings. The van der Waals surface area contributed by atoms with Gasteiger partial charge in [0.05, 0.1) is 0 Å². The van der Waals surface area contributed by atoms with Crippen molar-refractivity contribution in [1.82, 2.24) is 0 Å². The summed E-state index contributed by atoms with van der Waals surface area (Å²) in [5.41, 5.74) is 0.980. The zero-order valence-corrected chi connectivity index (χ0v) is 10.8. The van der Waals surface area contributed by atoms with Crippen LogP contribution in [0.2, 0.25) is 0 Å². The van der Waals surface area contributed by atoms with Gasteiger partial charge in [0.1, 0.15) is 5.76 Å². The van der Waals surface area contributed by atoms with Crippen LogP contribution in [0, 0.1) is 0 Å². The van der Waals surface area contributed by atoms with E-state index in [0.717, 1.165) is 24.5 Å². The highest BCUT2D eigenvalue weighted by molar-refractivity contribution is 6.31. The third kappa shape index (κ3) is 8.86. The van der Waals surface area contributed by atoms with Crippen molar-refractivity contribution < 1.29 is 17.9 Å². The quantitative estimate of drug-likeness (QED) is 0.486. The molecule has 98 valence electrons. The molecule has 0 unspecified atom stereocenters. The summed E-state index contributed by atoms with van der Waals surface area (Å²) in [6, 6.07) is 0. The molecule has 0 atom stereocenters. The Labute approximate surface area is 105 Å². The average molecular weight is 269 g/mol. The van der Waals surface area contributed by atoms with Crippen molar-refractivity contribution >= 4 is 11.6 Å². The van der Waals surface area contributed by atoms with E-state index in [0.29, 0.717) is 0 Å². The highest BCUT2D eigenvalue weighted by atomic mass is 35.5. The Morgan fingerprint density at radius 3 is 2.29 bits per heavy atom. The molecule has 0 saturated heterocycles. The lowest BCUT2D eigenvalue weighted by molar-refractivity contribution is -0.305. The second kappa shape index (κ2) is 7.43. The van der Waals surface area contributed by atoms with Crippen molar-refractivity contribution in [2.24, 2.45) is 0 Å². The first kappa shape index (κ1) is 16.1. The van der Waals surface area contributed by atoms with Crippen LogP contribution in [0.15, 0.2) is 34.6 Å². The first-order valence-corrected chi connectivity index (χ1v) is 5.62. The average Bonchev–Trinajstić information content (AvgIpc) is 2.13. The Morgan fingerprint density at radius 2 is 1.88 bits per heavy atom. The molecule has 0 aliphatic carbocycles. The molecular formula is C12H16ClF3O. The summed E-state index contributed by atoms with van der Waals surface area (Å²) in [5, 5.41) is 0.216. The number of rotatable bonds is 5. The van der Waals surface area contributed by atoms with Crippen LogP contribution in [0.25, 0.3) is 0 Å². The molecule has 0 fully saturated rings. The molecule has 0 aromatic heterocycles. The molecule has 1 nitrogen and oxygen atoms in total. The highest BCUT2D eigenvalue weighted by Crippen LogP contribution is 2.22. The molecule has 0 heterocycles. The van der Waals surface area contributed by atoms with E-state index in [1.807, 2.05) is 19.9 Å². The summed E-state index contributed by atoms with van der Waals surface area (Å²) in [5.74, 6) is -0.286. The lowest BCUT2D eigenvalue weighted by Crippen LogP contribution is -2.11. The zero-order valence-electron chi connectivity index (χ0n) is 10.1. The van der Waals surface area contributed by atoms with Crippen LogP contribution in [0.4, 0.5) is 13.2 Å². The minimum atomic E-state index is -4.68. The van der Waals surface area contributed by atoms with Crippen LogP contribution in [0.1, 0.15) is 33.6 Å². The second-order valence-corrected chi connectivity index (χ2v) is 3.88. The monoisotopic (exact) mass is 268 g/mol. The summed E-state index contributed by atoms with van der Waals surface area (Å²) in [6.07, 6.45) is 1.76. The van der Waals surface area contributed by atoms with Crippen LogP contribution in [-0.2, 0) is 4.74 Å². The third-order valence-corrected chi connectivity index (χ3v) is 2.07. The maximum Gasteiger partial charge on any atom is 0.572 e. The van der Waals surface area contributed by atoms with Crippen molar-refractivity contribution in [3.8, 4) is 0 Å². The Bertz CT molecular complexity index is 327. The number of hydrogen-bond acceptors (Lipinski definition) is 1. The van der Waals surface area contributed by atoms with Crippen molar-refractivity contribution in [2.75, 3.05) is 0 Å². The smallest absolute Gasteiger partial charge is 0.411 e. The fourth-order valence-corrected chi connectivity index (χ4v) is 1.51. The maximum atomic E-state index is 11.9.